The van der Waals surface area contributed by atoms with Crippen LogP contribution in [-0.2, 0) is 27.3 Å². The normalized spacial score (nSPS) is 11.6. The monoisotopic (exact) mass is 501 g/mol. The van der Waals surface area contributed by atoms with E-state index < -0.39 is 5.41 Å². The maximum absolute atomic E-state index is 13.5. The molecule has 8 heteroatoms. The van der Waals surface area contributed by atoms with Gasteiger partial charge in [0, 0.05) is 49.7 Å². The Balaban J connectivity index is 1.80. The zero-order valence-corrected chi connectivity index (χ0v) is 21.3. The molecule has 3 rings (SSSR count). The van der Waals surface area contributed by atoms with Gasteiger partial charge in [-0.05, 0) is 49.6 Å². The van der Waals surface area contributed by atoms with Gasteiger partial charge in [0.25, 0.3) is 0 Å². The molecule has 0 aliphatic rings. The third kappa shape index (κ3) is 7.05. The van der Waals surface area contributed by atoms with Crippen LogP contribution in [0.1, 0.15) is 25.0 Å². The van der Waals surface area contributed by atoms with Crippen molar-refractivity contribution in [2.45, 2.75) is 26.8 Å². The molecule has 0 saturated carbocycles. The van der Waals surface area contributed by atoms with Gasteiger partial charge in [-0.15, -0.1) is 11.6 Å². The van der Waals surface area contributed by atoms with E-state index in [4.69, 9.17) is 16.3 Å². The zero-order valence-electron chi connectivity index (χ0n) is 20.5. The lowest BCUT2D eigenvalue weighted by atomic mass is 9.94. The fraction of sp³-hybridized carbons (Fsp3) is 0.407. The van der Waals surface area contributed by atoms with Crippen LogP contribution in [-0.4, -0.2) is 65.8 Å². The minimum absolute atomic E-state index is 0.0857. The third-order valence-corrected chi connectivity index (χ3v) is 6.73. The number of ether oxygens (including phenoxy) is 1. The number of rotatable bonds is 12. The van der Waals surface area contributed by atoms with Crippen molar-refractivity contribution in [1.29, 1.82) is 0 Å². The van der Waals surface area contributed by atoms with Gasteiger partial charge in [-0.1, -0.05) is 30.3 Å². The van der Waals surface area contributed by atoms with Crippen LogP contribution in [0.4, 0.5) is 4.39 Å². The van der Waals surface area contributed by atoms with Gasteiger partial charge in [0.1, 0.15) is 5.82 Å². The number of aromatic amines is 1. The molecule has 6 nitrogen and oxygen atoms in total. The summed E-state index contributed by atoms with van der Waals surface area (Å²) >= 11 is 6.03. The number of hydrogen-bond acceptors (Lipinski definition) is 3. The van der Waals surface area contributed by atoms with Crippen LogP contribution in [0.3, 0.4) is 0 Å². The van der Waals surface area contributed by atoms with Crippen LogP contribution in [0.15, 0.2) is 54.7 Å². The highest BCUT2D eigenvalue weighted by atomic mass is 35.5. The SMILES string of the molecule is COCCN(CC(=O)N(CCc1c[nH]c2ccccc12)Cc1ccc(F)cc1)C(=O)C(C)(C)CCl. The molecule has 3 aromatic rings. The molecule has 1 heterocycles. The first-order chi connectivity index (χ1) is 16.7. The first kappa shape index (κ1) is 26.7. The summed E-state index contributed by atoms with van der Waals surface area (Å²) in [6.45, 7) is 4.80. The van der Waals surface area contributed by atoms with Gasteiger partial charge in [-0.3, -0.25) is 9.59 Å². The molecule has 0 atom stereocenters. The molecule has 188 valence electrons. The first-order valence-corrected chi connectivity index (χ1v) is 12.2. The van der Waals surface area contributed by atoms with E-state index in [1.54, 1.807) is 38.0 Å². The van der Waals surface area contributed by atoms with Crippen LogP contribution in [0, 0.1) is 11.2 Å². The fourth-order valence-corrected chi connectivity index (χ4v) is 4.01. The minimum Gasteiger partial charge on any atom is -0.383 e. The van der Waals surface area contributed by atoms with Gasteiger partial charge in [0.15, 0.2) is 0 Å². The number of carbonyl (C=O) groups is 2. The second-order valence-electron chi connectivity index (χ2n) is 9.29. The number of nitrogens with zero attached hydrogens (tertiary/aromatic N) is 2. The summed E-state index contributed by atoms with van der Waals surface area (Å²) in [4.78, 5) is 33.1. The summed E-state index contributed by atoms with van der Waals surface area (Å²) in [5, 5.41) is 1.11. The van der Waals surface area contributed by atoms with E-state index in [0.717, 1.165) is 22.0 Å². The van der Waals surface area contributed by atoms with Crippen molar-refractivity contribution in [2.24, 2.45) is 5.41 Å². The van der Waals surface area contributed by atoms with E-state index in [1.165, 1.54) is 17.0 Å². The molecular weight excluding hydrogens is 469 g/mol. The number of hydrogen-bond donors (Lipinski definition) is 1. The summed E-state index contributed by atoms with van der Waals surface area (Å²) in [5.41, 5.74) is 2.16. The maximum Gasteiger partial charge on any atom is 0.242 e. The molecule has 0 spiro atoms. The molecule has 0 fully saturated rings. The van der Waals surface area contributed by atoms with Gasteiger partial charge < -0.3 is 19.5 Å². The Labute approximate surface area is 211 Å². The van der Waals surface area contributed by atoms with Crippen LogP contribution in [0.5, 0.6) is 0 Å². The Morgan fingerprint density at radius 3 is 2.46 bits per heavy atom. The van der Waals surface area contributed by atoms with Crippen molar-refractivity contribution in [3.63, 3.8) is 0 Å². The van der Waals surface area contributed by atoms with Gasteiger partial charge in [0.2, 0.25) is 11.8 Å². The molecule has 0 radical (unpaired) electrons. The van der Waals surface area contributed by atoms with E-state index in [2.05, 4.69) is 4.98 Å². The number of para-hydroxylation sites is 1. The Bertz CT molecular complexity index is 1130. The van der Waals surface area contributed by atoms with Crippen LogP contribution < -0.4 is 0 Å². The third-order valence-electron chi connectivity index (χ3n) is 6.06. The fourth-order valence-electron chi connectivity index (χ4n) is 3.90. The largest absolute Gasteiger partial charge is 0.383 e. The van der Waals surface area contributed by atoms with E-state index in [9.17, 15) is 14.0 Å². The van der Waals surface area contributed by atoms with Crippen molar-refractivity contribution in [1.82, 2.24) is 14.8 Å². The van der Waals surface area contributed by atoms with E-state index >= 15 is 0 Å². The molecule has 0 aliphatic carbocycles. The number of alkyl halides is 1. The van der Waals surface area contributed by atoms with E-state index in [1.807, 2.05) is 30.5 Å². The average molecular weight is 502 g/mol. The van der Waals surface area contributed by atoms with Crippen molar-refractivity contribution < 1.29 is 18.7 Å². The smallest absolute Gasteiger partial charge is 0.242 e. The van der Waals surface area contributed by atoms with Gasteiger partial charge in [0.05, 0.1) is 18.6 Å². The quantitative estimate of drug-likeness (QED) is 0.368. The maximum atomic E-state index is 13.5. The zero-order chi connectivity index (χ0) is 25.4. The average Bonchev–Trinajstić information content (AvgIpc) is 3.28. The minimum atomic E-state index is -0.804. The highest BCUT2D eigenvalue weighted by molar-refractivity contribution is 6.19. The van der Waals surface area contributed by atoms with Gasteiger partial charge >= 0.3 is 0 Å². The molecule has 1 aromatic heterocycles. The predicted octanol–water partition coefficient (Wildman–Crippen LogP) is 4.62. The van der Waals surface area contributed by atoms with Gasteiger partial charge in [-0.25, -0.2) is 4.39 Å². The van der Waals surface area contributed by atoms with Crippen molar-refractivity contribution in [3.8, 4) is 0 Å². The second-order valence-corrected chi connectivity index (χ2v) is 9.56. The lowest BCUT2D eigenvalue weighted by Gasteiger charge is -2.32. The standard InChI is InChI=1S/C27H33ClFN3O3/c1-27(2,19-28)26(34)32(14-15-35-3)18-25(33)31(17-20-8-10-22(29)11-9-20)13-12-21-16-30-24-7-5-4-6-23(21)24/h4-11,16,30H,12-15,17-19H2,1-3H3. The molecule has 0 aliphatic heterocycles. The molecule has 1 N–H and O–H groups in total. The molecule has 0 saturated heterocycles. The summed E-state index contributed by atoms with van der Waals surface area (Å²) < 4.78 is 18.6. The second kappa shape index (κ2) is 12.2. The number of amides is 2. The number of fused-ring (bicyclic) bond motifs is 1. The number of aromatic nitrogens is 1. The summed E-state index contributed by atoms with van der Waals surface area (Å²) in [6.07, 6.45) is 2.60. The Morgan fingerprint density at radius 1 is 1.06 bits per heavy atom. The van der Waals surface area contributed by atoms with Crippen LogP contribution in [0.25, 0.3) is 10.9 Å². The number of carbonyl (C=O) groups excluding carboxylic acids is 2. The predicted molar refractivity (Wildman–Crippen MR) is 137 cm³/mol. The number of H-pyrrole nitrogens is 1. The Kier molecular flexibility index (Phi) is 9.29. The topological polar surface area (TPSA) is 65.6 Å². The summed E-state index contributed by atoms with van der Waals surface area (Å²) in [6, 6.07) is 14.1. The van der Waals surface area contributed by atoms with E-state index in [-0.39, 0.29) is 36.6 Å². The molecule has 0 bridgehead atoms. The van der Waals surface area contributed by atoms with E-state index in [0.29, 0.717) is 26.1 Å². The number of nitrogens with one attached hydrogen (secondary N) is 1. The van der Waals surface area contributed by atoms with Crippen LogP contribution >= 0.6 is 11.6 Å². The van der Waals surface area contributed by atoms with Gasteiger partial charge in [-0.2, -0.15) is 0 Å². The highest BCUT2D eigenvalue weighted by Crippen LogP contribution is 2.22. The molecule has 0 unspecified atom stereocenters. The molecule has 2 amide bonds. The highest BCUT2D eigenvalue weighted by Gasteiger charge is 2.33. The lowest BCUT2D eigenvalue weighted by Crippen LogP contribution is -2.49. The number of methoxy groups -OCH3 is 1. The Hall–Kier alpha value is -2.90. The number of halogens is 2. The van der Waals surface area contributed by atoms with Crippen molar-refractivity contribution >= 4 is 34.3 Å². The lowest BCUT2D eigenvalue weighted by molar-refractivity contribution is -0.146. The molecule has 2 aromatic carbocycles. The molecular formula is C27H33ClFN3O3. The van der Waals surface area contributed by atoms with Crippen LogP contribution in [0.2, 0.25) is 0 Å². The summed E-state index contributed by atoms with van der Waals surface area (Å²) in [5.74, 6) is -0.575. The van der Waals surface area contributed by atoms with Crippen molar-refractivity contribution in [3.05, 3.63) is 71.7 Å². The Morgan fingerprint density at radius 2 is 1.77 bits per heavy atom. The summed E-state index contributed by atoms with van der Waals surface area (Å²) in [7, 11) is 1.55. The first-order valence-electron chi connectivity index (χ1n) is 11.7. The molecule has 35 heavy (non-hydrogen) atoms. The van der Waals surface area contributed by atoms with Crippen molar-refractivity contribution in [2.75, 3.05) is 39.2 Å². The number of benzene rings is 2.